The summed E-state index contributed by atoms with van der Waals surface area (Å²) in [6, 6.07) is 16.8. The Bertz CT molecular complexity index is 779. The molecule has 0 heterocycles. The first-order valence-electron chi connectivity index (χ1n) is 9.79. The van der Waals surface area contributed by atoms with E-state index in [0.717, 1.165) is 17.5 Å². The molecule has 0 aromatic heterocycles. The molecule has 2 aromatic rings. The number of nitrogens with one attached hydrogen (secondary N) is 1. The molecule has 150 valence electrons. The molecule has 0 aliphatic carbocycles. The van der Waals surface area contributed by atoms with Gasteiger partial charge in [0.15, 0.2) is 0 Å². The number of rotatable bonds is 9. The van der Waals surface area contributed by atoms with E-state index in [9.17, 15) is 9.59 Å². The lowest BCUT2D eigenvalue weighted by molar-refractivity contribution is -0.139. The summed E-state index contributed by atoms with van der Waals surface area (Å²) in [5, 5.41) is 3.58. The van der Waals surface area contributed by atoms with E-state index in [1.54, 1.807) is 24.0 Å². The minimum Gasteiger partial charge on any atom is -0.352 e. The van der Waals surface area contributed by atoms with Crippen molar-refractivity contribution in [2.24, 2.45) is 0 Å². The van der Waals surface area contributed by atoms with Gasteiger partial charge in [0, 0.05) is 17.6 Å². The lowest BCUT2D eigenvalue weighted by Crippen LogP contribution is -2.50. The summed E-state index contributed by atoms with van der Waals surface area (Å²) >= 11 is 6.05. The topological polar surface area (TPSA) is 49.4 Å². The lowest BCUT2D eigenvalue weighted by atomic mass is 10.1. The SMILES string of the molecule is CC[C@H](C)NC(=O)[C@@H](C)N(CCc1ccccc1)C(=O)Cc1cccc(Cl)c1. The number of hydrogen-bond acceptors (Lipinski definition) is 2. The zero-order valence-corrected chi connectivity index (χ0v) is 17.6. The van der Waals surface area contributed by atoms with Crippen LogP contribution in [0.5, 0.6) is 0 Å². The van der Waals surface area contributed by atoms with Gasteiger partial charge in [0.1, 0.15) is 6.04 Å². The Morgan fingerprint density at radius 2 is 1.71 bits per heavy atom. The van der Waals surface area contributed by atoms with Crippen LogP contribution in [-0.2, 0) is 22.4 Å². The second-order valence-corrected chi connectivity index (χ2v) is 7.56. The molecule has 0 aliphatic heterocycles. The molecule has 4 nitrogen and oxygen atoms in total. The van der Waals surface area contributed by atoms with Crippen molar-refractivity contribution in [2.45, 2.75) is 52.1 Å². The van der Waals surface area contributed by atoms with Crippen LogP contribution in [0.1, 0.15) is 38.3 Å². The summed E-state index contributed by atoms with van der Waals surface area (Å²) in [5.41, 5.74) is 1.98. The molecule has 0 spiro atoms. The van der Waals surface area contributed by atoms with Crippen LogP contribution in [-0.4, -0.2) is 35.3 Å². The van der Waals surface area contributed by atoms with Crippen molar-refractivity contribution < 1.29 is 9.59 Å². The molecule has 2 rings (SSSR count). The third-order valence-electron chi connectivity index (χ3n) is 4.90. The van der Waals surface area contributed by atoms with Crippen molar-refractivity contribution in [3.63, 3.8) is 0 Å². The Balaban J connectivity index is 2.13. The first-order chi connectivity index (χ1) is 13.4. The van der Waals surface area contributed by atoms with Gasteiger partial charge < -0.3 is 10.2 Å². The quantitative estimate of drug-likeness (QED) is 0.683. The Labute approximate surface area is 172 Å². The van der Waals surface area contributed by atoms with Crippen LogP contribution in [0.25, 0.3) is 0 Å². The average Bonchev–Trinajstić information content (AvgIpc) is 2.68. The van der Waals surface area contributed by atoms with E-state index in [-0.39, 0.29) is 24.3 Å². The molecular formula is C23H29ClN2O2. The predicted molar refractivity (Wildman–Crippen MR) is 114 cm³/mol. The zero-order chi connectivity index (χ0) is 20.5. The van der Waals surface area contributed by atoms with Gasteiger partial charge in [-0.05, 0) is 49.9 Å². The molecule has 0 saturated heterocycles. The molecule has 2 amide bonds. The van der Waals surface area contributed by atoms with Crippen molar-refractivity contribution in [3.05, 3.63) is 70.7 Å². The molecule has 0 saturated carbocycles. The third-order valence-corrected chi connectivity index (χ3v) is 5.13. The number of benzene rings is 2. The number of carbonyl (C=O) groups excluding carboxylic acids is 2. The summed E-state index contributed by atoms with van der Waals surface area (Å²) in [6.45, 7) is 6.26. The van der Waals surface area contributed by atoms with Gasteiger partial charge in [-0.25, -0.2) is 0 Å². The fourth-order valence-corrected chi connectivity index (χ4v) is 3.17. The van der Waals surface area contributed by atoms with E-state index in [1.807, 2.05) is 56.3 Å². The maximum absolute atomic E-state index is 13.0. The predicted octanol–water partition coefficient (Wildman–Crippen LogP) is 4.26. The van der Waals surface area contributed by atoms with Gasteiger partial charge in [0.2, 0.25) is 11.8 Å². The van der Waals surface area contributed by atoms with E-state index in [0.29, 0.717) is 18.0 Å². The molecule has 0 fully saturated rings. The van der Waals surface area contributed by atoms with Gasteiger partial charge in [0.25, 0.3) is 0 Å². The van der Waals surface area contributed by atoms with E-state index in [4.69, 9.17) is 11.6 Å². The number of amides is 2. The van der Waals surface area contributed by atoms with Gasteiger partial charge in [-0.2, -0.15) is 0 Å². The fraction of sp³-hybridized carbons (Fsp3) is 0.391. The van der Waals surface area contributed by atoms with Crippen molar-refractivity contribution in [2.75, 3.05) is 6.54 Å². The van der Waals surface area contributed by atoms with Crippen LogP contribution in [0.15, 0.2) is 54.6 Å². The van der Waals surface area contributed by atoms with Crippen molar-refractivity contribution >= 4 is 23.4 Å². The van der Waals surface area contributed by atoms with Gasteiger partial charge in [0.05, 0.1) is 6.42 Å². The zero-order valence-electron chi connectivity index (χ0n) is 16.8. The van der Waals surface area contributed by atoms with Crippen molar-refractivity contribution in [3.8, 4) is 0 Å². The van der Waals surface area contributed by atoms with Gasteiger partial charge in [-0.1, -0.05) is 61.0 Å². The molecule has 0 aliphatic rings. The second-order valence-electron chi connectivity index (χ2n) is 7.12. The van der Waals surface area contributed by atoms with Crippen LogP contribution >= 0.6 is 11.6 Å². The van der Waals surface area contributed by atoms with Crippen LogP contribution in [0.2, 0.25) is 5.02 Å². The van der Waals surface area contributed by atoms with Gasteiger partial charge in [-0.3, -0.25) is 9.59 Å². The monoisotopic (exact) mass is 400 g/mol. The highest BCUT2D eigenvalue weighted by atomic mass is 35.5. The van der Waals surface area contributed by atoms with Gasteiger partial charge >= 0.3 is 0 Å². The second kappa shape index (κ2) is 10.9. The van der Waals surface area contributed by atoms with Crippen LogP contribution in [0.3, 0.4) is 0 Å². The standard InChI is InChI=1S/C23H29ClN2O2/c1-4-17(2)25-23(28)18(3)26(14-13-19-9-6-5-7-10-19)22(27)16-20-11-8-12-21(24)15-20/h5-12,15,17-18H,4,13-14,16H2,1-3H3,(H,25,28)/t17-,18+/m0/s1. The minimum atomic E-state index is -0.538. The van der Waals surface area contributed by atoms with E-state index in [2.05, 4.69) is 5.32 Å². The minimum absolute atomic E-state index is 0.0777. The van der Waals surface area contributed by atoms with Crippen LogP contribution in [0.4, 0.5) is 0 Å². The molecule has 0 radical (unpaired) electrons. The summed E-state index contributed by atoms with van der Waals surface area (Å²) in [7, 11) is 0. The highest BCUT2D eigenvalue weighted by Gasteiger charge is 2.26. The fourth-order valence-electron chi connectivity index (χ4n) is 2.96. The Morgan fingerprint density at radius 1 is 1.04 bits per heavy atom. The summed E-state index contributed by atoms with van der Waals surface area (Å²) < 4.78 is 0. The summed E-state index contributed by atoms with van der Waals surface area (Å²) in [4.78, 5) is 27.4. The van der Waals surface area contributed by atoms with Crippen molar-refractivity contribution in [1.82, 2.24) is 10.2 Å². The molecule has 0 unspecified atom stereocenters. The van der Waals surface area contributed by atoms with E-state index >= 15 is 0 Å². The number of carbonyl (C=O) groups is 2. The lowest BCUT2D eigenvalue weighted by Gasteiger charge is -2.29. The summed E-state index contributed by atoms with van der Waals surface area (Å²) in [5.74, 6) is -0.202. The smallest absolute Gasteiger partial charge is 0.242 e. The highest BCUT2D eigenvalue weighted by Crippen LogP contribution is 2.14. The molecule has 0 bridgehead atoms. The summed E-state index contributed by atoms with van der Waals surface area (Å²) in [6.07, 6.45) is 1.76. The number of halogens is 1. The average molecular weight is 401 g/mol. The highest BCUT2D eigenvalue weighted by molar-refractivity contribution is 6.30. The van der Waals surface area contributed by atoms with Crippen molar-refractivity contribution in [1.29, 1.82) is 0 Å². The number of hydrogen-bond donors (Lipinski definition) is 1. The normalized spacial score (nSPS) is 12.9. The Hall–Kier alpha value is -2.33. The van der Waals surface area contributed by atoms with E-state index in [1.165, 1.54) is 0 Å². The first-order valence-corrected chi connectivity index (χ1v) is 10.2. The molecule has 2 atom stereocenters. The Kier molecular flexibility index (Phi) is 8.52. The molecular weight excluding hydrogens is 372 g/mol. The Morgan fingerprint density at radius 3 is 2.36 bits per heavy atom. The number of nitrogens with zero attached hydrogens (tertiary/aromatic N) is 1. The third kappa shape index (κ3) is 6.68. The van der Waals surface area contributed by atoms with Crippen LogP contribution in [0, 0.1) is 0 Å². The maximum Gasteiger partial charge on any atom is 0.242 e. The van der Waals surface area contributed by atoms with E-state index < -0.39 is 6.04 Å². The molecule has 2 aromatic carbocycles. The van der Waals surface area contributed by atoms with Crippen LogP contribution < -0.4 is 5.32 Å². The molecule has 28 heavy (non-hydrogen) atoms. The maximum atomic E-state index is 13.0. The van der Waals surface area contributed by atoms with Gasteiger partial charge in [-0.15, -0.1) is 0 Å². The molecule has 1 N–H and O–H groups in total. The largest absolute Gasteiger partial charge is 0.352 e. The molecule has 5 heteroatoms. The first kappa shape index (κ1) is 22.0.